The van der Waals surface area contributed by atoms with Gasteiger partial charge in [-0.1, -0.05) is 23.7 Å². The molecule has 2 aromatic carbocycles. The Morgan fingerprint density at radius 3 is 2.68 bits per heavy atom. The number of rotatable bonds is 3. The largest absolute Gasteiger partial charge is 0.331 e. The summed E-state index contributed by atoms with van der Waals surface area (Å²) in [5.74, 6) is -0.302. The first-order valence-electron chi connectivity index (χ1n) is 6.99. The minimum absolute atomic E-state index is 0.0131. The van der Waals surface area contributed by atoms with Crippen molar-refractivity contribution < 1.29 is 9.18 Å². The van der Waals surface area contributed by atoms with Crippen LogP contribution in [-0.2, 0) is 13.0 Å². The molecule has 22 heavy (non-hydrogen) atoms. The van der Waals surface area contributed by atoms with Gasteiger partial charge in [-0.2, -0.15) is 0 Å². The number of fused-ring (bicyclic) bond motifs is 1. The second-order valence-corrected chi connectivity index (χ2v) is 7.13. The number of amides is 1. The summed E-state index contributed by atoms with van der Waals surface area (Å²) in [6.45, 7) is 2.48. The molecule has 0 radical (unpaired) electrons. The summed E-state index contributed by atoms with van der Waals surface area (Å²) in [5, 5.41) is 0.700. The van der Waals surface area contributed by atoms with Gasteiger partial charge in [-0.15, -0.1) is 0 Å². The Morgan fingerprint density at radius 1 is 1.32 bits per heavy atom. The van der Waals surface area contributed by atoms with Crippen molar-refractivity contribution in [2.24, 2.45) is 0 Å². The zero-order valence-electron chi connectivity index (χ0n) is 11.9. The zero-order valence-corrected chi connectivity index (χ0v) is 14.9. The Labute approximate surface area is 147 Å². The maximum Gasteiger partial charge on any atom is 0.255 e. The zero-order chi connectivity index (χ0) is 15.9. The van der Waals surface area contributed by atoms with Crippen LogP contribution in [0.1, 0.15) is 28.4 Å². The number of hydrogen-bond donors (Lipinski definition) is 0. The maximum atomic E-state index is 13.5. The van der Waals surface area contributed by atoms with E-state index in [9.17, 15) is 9.18 Å². The van der Waals surface area contributed by atoms with E-state index in [4.69, 9.17) is 11.6 Å². The van der Waals surface area contributed by atoms with Gasteiger partial charge in [0.2, 0.25) is 0 Å². The lowest BCUT2D eigenvalue weighted by atomic mass is 10.1. The Bertz CT molecular complexity index is 732. The molecule has 1 amide bonds. The van der Waals surface area contributed by atoms with Gasteiger partial charge in [0.05, 0.1) is 5.56 Å². The minimum Gasteiger partial charge on any atom is -0.331 e. The number of carbonyl (C=O) groups excluding carboxylic acids is 1. The highest BCUT2D eigenvalue weighted by Gasteiger charge is 2.32. The number of nitrogens with zero attached hydrogens (tertiary/aromatic N) is 1. The van der Waals surface area contributed by atoms with E-state index < -0.39 is 0 Å². The van der Waals surface area contributed by atoms with Crippen LogP contribution < -0.4 is 0 Å². The van der Waals surface area contributed by atoms with Crippen LogP contribution in [0.5, 0.6) is 0 Å². The van der Waals surface area contributed by atoms with Gasteiger partial charge in [0.15, 0.2) is 0 Å². The summed E-state index contributed by atoms with van der Waals surface area (Å²) in [6, 6.07) is 10.5. The molecule has 3 rings (SSSR count). The molecule has 2 nitrogen and oxygen atoms in total. The van der Waals surface area contributed by atoms with Gasteiger partial charge in [0.1, 0.15) is 5.82 Å². The molecule has 1 aliphatic heterocycles. The maximum absolute atomic E-state index is 13.5. The Hall–Kier alpha value is -1.14. The lowest BCUT2D eigenvalue weighted by Gasteiger charge is -2.24. The van der Waals surface area contributed by atoms with E-state index in [1.54, 1.807) is 4.90 Å². The van der Waals surface area contributed by atoms with Gasteiger partial charge in [0, 0.05) is 21.2 Å². The van der Waals surface area contributed by atoms with Crippen LogP contribution >= 0.6 is 34.2 Å². The van der Waals surface area contributed by atoms with Crippen LogP contribution in [0.4, 0.5) is 4.39 Å². The first-order valence-corrected chi connectivity index (χ1v) is 8.44. The van der Waals surface area contributed by atoms with E-state index in [2.05, 4.69) is 0 Å². The molecule has 0 bridgehead atoms. The first kappa shape index (κ1) is 15.7. The van der Waals surface area contributed by atoms with Crippen molar-refractivity contribution >= 4 is 40.1 Å². The molecule has 0 N–H and O–H groups in total. The van der Waals surface area contributed by atoms with Gasteiger partial charge in [-0.05, 0) is 71.3 Å². The van der Waals surface area contributed by atoms with Crippen molar-refractivity contribution in [1.29, 1.82) is 0 Å². The number of carbonyl (C=O) groups is 1. The third kappa shape index (κ3) is 2.99. The lowest BCUT2D eigenvalue weighted by molar-refractivity contribution is 0.0716. The third-order valence-electron chi connectivity index (χ3n) is 3.93. The Morgan fingerprint density at radius 2 is 2.00 bits per heavy atom. The monoisotopic (exact) mass is 429 g/mol. The number of halogens is 3. The highest BCUT2D eigenvalue weighted by molar-refractivity contribution is 14.1. The van der Waals surface area contributed by atoms with E-state index in [1.807, 2.05) is 53.8 Å². The minimum atomic E-state index is -0.289. The van der Waals surface area contributed by atoms with Crippen LogP contribution in [-0.4, -0.2) is 16.8 Å². The van der Waals surface area contributed by atoms with E-state index in [0.717, 1.165) is 17.5 Å². The smallest absolute Gasteiger partial charge is 0.255 e. The Balaban J connectivity index is 1.80. The average molecular weight is 430 g/mol. The van der Waals surface area contributed by atoms with Crippen LogP contribution in [0.3, 0.4) is 0 Å². The van der Waals surface area contributed by atoms with Crippen molar-refractivity contribution in [3.05, 3.63) is 67.5 Å². The lowest BCUT2D eigenvalue weighted by Crippen LogP contribution is -2.35. The summed E-state index contributed by atoms with van der Waals surface area (Å²) >= 11 is 7.92. The number of benzene rings is 2. The molecular weight excluding hydrogens is 416 g/mol. The fourth-order valence-electron chi connectivity index (χ4n) is 2.82. The van der Waals surface area contributed by atoms with Crippen LogP contribution in [0, 0.1) is 9.39 Å². The van der Waals surface area contributed by atoms with Gasteiger partial charge in [-0.25, -0.2) is 4.39 Å². The molecule has 1 unspecified atom stereocenters. The summed E-state index contributed by atoms with van der Waals surface area (Å²) in [4.78, 5) is 14.4. The highest BCUT2D eigenvalue weighted by atomic mass is 127. The summed E-state index contributed by atoms with van der Waals surface area (Å²) < 4.78 is 14.2. The molecule has 1 atom stereocenters. The first-order chi connectivity index (χ1) is 10.5. The summed E-state index contributed by atoms with van der Waals surface area (Å²) in [7, 11) is 0. The molecule has 1 aliphatic rings. The predicted molar refractivity (Wildman–Crippen MR) is 93.6 cm³/mol. The topological polar surface area (TPSA) is 20.3 Å². The predicted octanol–water partition coefficient (Wildman–Crippen LogP) is 4.67. The molecular formula is C17H14ClFINO. The molecule has 0 fully saturated rings. The van der Waals surface area contributed by atoms with Crippen molar-refractivity contribution in [2.45, 2.75) is 25.9 Å². The molecule has 0 aliphatic carbocycles. The molecule has 0 saturated carbocycles. The van der Waals surface area contributed by atoms with E-state index in [-0.39, 0.29) is 17.8 Å². The fraction of sp³-hybridized carbons (Fsp3) is 0.235. The van der Waals surface area contributed by atoms with Gasteiger partial charge in [0.25, 0.3) is 5.91 Å². The average Bonchev–Trinajstić information content (AvgIpc) is 2.78. The van der Waals surface area contributed by atoms with Gasteiger partial charge < -0.3 is 4.90 Å². The highest BCUT2D eigenvalue weighted by Crippen LogP contribution is 2.30. The van der Waals surface area contributed by atoms with Crippen LogP contribution in [0.15, 0.2) is 36.4 Å². The molecule has 1 heterocycles. The van der Waals surface area contributed by atoms with Crippen molar-refractivity contribution in [1.82, 2.24) is 4.90 Å². The van der Waals surface area contributed by atoms with Crippen molar-refractivity contribution in [3.8, 4) is 0 Å². The SMILES string of the molecule is CC(Cc1ccc(Cl)cc1)N1Cc2cc(F)cc(I)c2C1=O. The molecule has 0 spiro atoms. The van der Waals surface area contributed by atoms with Crippen molar-refractivity contribution in [2.75, 3.05) is 0 Å². The molecule has 114 valence electrons. The fourth-order valence-corrected chi connectivity index (χ4v) is 3.82. The van der Waals surface area contributed by atoms with Gasteiger partial charge >= 0.3 is 0 Å². The second kappa shape index (κ2) is 6.16. The number of hydrogen-bond acceptors (Lipinski definition) is 1. The summed E-state index contributed by atoms with van der Waals surface area (Å²) in [6.07, 6.45) is 0.746. The van der Waals surface area contributed by atoms with Crippen LogP contribution in [0.2, 0.25) is 5.02 Å². The van der Waals surface area contributed by atoms with E-state index in [1.165, 1.54) is 12.1 Å². The molecule has 2 aromatic rings. The Kier molecular flexibility index (Phi) is 4.41. The van der Waals surface area contributed by atoms with E-state index >= 15 is 0 Å². The molecule has 0 aromatic heterocycles. The quantitative estimate of drug-likeness (QED) is 0.649. The molecule has 5 heteroatoms. The summed E-state index contributed by atoms with van der Waals surface area (Å²) in [5.41, 5.74) is 2.55. The van der Waals surface area contributed by atoms with E-state index in [0.29, 0.717) is 20.7 Å². The van der Waals surface area contributed by atoms with Gasteiger partial charge in [-0.3, -0.25) is 4.79 Å². The third-order valence-corrected chi connectivity index (χ3v) is 5.03. The van der Waals surface area contributed by atoms with Crippen LogP contribution in [0.25, 0.3) is 0 Å². The van der Waals surface area contributed by atoms with Crippen molar-refractivity contribution in [3.63, 3.8) is 0 Å². The standard InChI is InChI=1S/C17H14ClFINO/c1-10(6-11-2-4-13(18)5-3-11)21-9-12-7-14(19)8-15(20)16(12)17(21)22/h2-5,7-8,10H,6,9H2,1H3. The molecule has 0 saturated heterocycles. The second-order valence-electron chi connectivity index (χ2n) is 5.53. The normalized spacial score (nSPS) is 15.1.